The van der Waals surface area contributed by atoms with Crippen molar-refractivity contribution in [1.82, 2.24) is 10.2 Å². The van der Waals surface area contributed by atoms with E-state index in [1.165, 1.54) is 11.8 Å². The van der Waals surface area contributed by atoms with Gasteiger partial charge in [0.15, 0.2) is 0 Å². The van der Waals surface area contributed by atoms with Crippen LogP contribution in [0.15, 0.2) is 18.2 Å². The molecule has 1 aliphatic heterocycles. The number of phenolic OH excluding ortho intramolecular Hbond substituents is 1. The molecule has 1 aromatic carbocycles. The number of nitrogens with zero attached hydrogens (tertiary/aromatic N) is 1. The summed E-state index contributed by atoms with van der Waals surface area (Å²) in [5, 5.41) is 12.4. The maximum atomic E-state index is 13.2. The summed E-state index contributed by atoms with van der Waals surface area (Å²) < 4.78 is 0. The number of primary amides is 1. The molecule has 0 fully saturated rings. The number of aromatic hydroxyl groups is 1. The minimum Gasteiger partial charge on any atom is -0.508 e. The Balaban J connectivity index is 2.34. The van der Waals surface area contributed by atoms with Crippen LogP contribution in [0.25, 0.3) is 0 Å². The summed E-state index contributed by atoms with van der Waals surface area (Å²) in [6, 6.07) is 1.93. The summed E-state index contributed by atoms with van der Waals surface area (Å²) in [6.45, 7) is 3.80. The van der Waals surface area contributed by atoms with E-state index >= 15 is 0 Å². The molecule has 1 unspecified atom stereocenters. The van der Waals surface area contributed by atoms with E-state index in [2.05, 4.69) is 5.32 Å². The Morgan fingerprint density at radius 3 is 2.62 bits per heavy atom. The van der Waals surface area contributed by atoms with E-state index in [1.807, 2.05) is 0 Å². The first-order valence-electron chi connectivity index (χ1n) is 9.86. The molecule has 9 heteroatoms. The first kappa shape index (κ1) is 22.6. The highest BCUT2D eigenvalue weighted by Crippen LogP contribution is 2.35. The van der Waals surface area contributed by atoms with Crippen LogP contribution < -0.4 is 22.5 Å². The lowest BCUT2D eigenvalue weighted by atomic mass is 9.87. The Morgan fingerprint density at radius 1 is 1.31 bits per heavy atom. The molecule has 3 amide bonds. The van der Waals surface area contributed by atoms with Crippen LogP contribution >= 0.6 is 0 Å². The Morgan fingerprint density at radius 2 is 2.00 bits per heavy atom. The molecule has 1 aromatic rings. The van der Waals surface area contributed by atoms with E-state index in [0.29, 0.717) is 19.4 Å². The van der Waals surface area contributed by atoms with Crippen LogP contribution in [-0.2, 0) is 20.8 Å². The molecular weight excluding hydrogens is 374 g/mol. The van der Waals surface area contributed by atoms with Gasteiger partial charge in [-0.15, -0.1) is 0 Å². The van der Waals surface area contributed by atoms with Crippen molar-refractivity contribution in [3.8, 4) is 5.75 Å². The third-order valence-electron chi connectivity index (χ3n) is 5.37. The van der Waals surface area contributed by atoms with Crippen molar-refractivity contribution in [1.29, 1.82) is 0 Å². The molecule has 0 bridgehead atoms. The molecule has 1 heterocycles. The van der Waals surface area contributed by atoms with Gasteiger partial charge in [0.2, 0.25) is 17.7 Å². The first-order valence-corrected chi connectivity index (χ1v) is 9.86. The summed E-state index contributed by atoms with van der Waals surface area (Å²) >= 11 is 0. The molecule has 0 aliphatic carbocycles. The highest BCUT2D eigenvalue weighted by Gasteiger charge is 2.41. The second kappa shape index (κ2) is 9.71. The van der Waals surface area contributed by atoms with Gasteiger partial charge in [0.1, 0.15) is 17.8 Å². The molecule has 0 aromatic heterocycles. The number of fused-ring (bicyclic) bond motifs is 1. The van der Waals surface area contributed by atoms with E-state index in [9.17, 15) is 19.5 Å². The Labute approximate surface area is 170 Å². The second-order valence-electron chi connectivity index (χ2n) is 7.55. The zero-order valence-corrected chi connectivity index (χ0v) is 16.9. The number of unbranched alkanes of at least 4 members (excludes halogenated alkanes) is 1. The predicted molar refractivity (Wildman–Crippen MR) is 109 cm³/mol. The van der Waals surface area contributed by atoms with E-state index in [1.54, 1.807) is 25.1 Å². The first-order chi connectivity index (χ1) is 13.7. The minimum absolute atomic E-state index is 0.0838. The maximum absolute atomic E-state index is 13.2. The van der Waals surface area contributed by atoms with Gasteiger partial charge in [-0.2, -0.15) is 0 Å². The van der Waals surface area contributed by atoms with E-state index in [4.69, 9.17) is 17.2 Å². The average Bonchev–Trinajstić information content (AvgIpc) is 2.67. The normalized spacial score (nSPS) is 20.5. The number of carbonyl (C=O) groups is 3. The molecule has 0 spiro atoms. The van der Waals surface area contributed by atoms with Crippen LogP contribution in [0.5, 0.6) is 5.75 Å². The number of rotatable bonds is 8. The SMILES string of the molecule is CC1c2cc(O)ccc2C[C@@H](C(=O)N[C@@H](C)C(N)=O)N1C(=O)[C@@H](N)CCCCN. The maximum Gasteiger partial charge on any atom is 0.243 e. The summed E-state index contributed by atoms with van der Waals surface area (Å²) in [4.78, 5) is 38.9. The van der Waals surface area contributed by atoms with Gasteiger partial charge in [-0.1, -0.05) is 12.5 Å². The zero-order chi connectivity index (χ0) is 21.7. The number of phenols is 1. The van der Waals surface area contributed by atoms with Gasteiger partial charge in [0.05, 0.1) is 12.1 Å². The highest BCUT2D eigenvalue weighted by atomic mass is 16.3. The predicted octanol–water partition coefficient (Wildman–Crippen LogP) is -0.347. The van der Waals surface area contributed by atoms with Crippen molar-refractivity contribution >= 4 is 17.7 Å². The number of benzene rings is 1. The second-order valence-corrected chi connectivity index (χ2v) is 7.55. The van der Waals surface area contributed by atoms with Crippen LogP contribution in [0.2, 0.25) is 0 Å². The minimum atomic E-state index is -0.866. The molecule has 0 radical (unpaired) electrons. The highest BCUT2D eigenvalue weighted by molar-refractivity contribution is 5.93. The van der Waals surface area contributed by atoms with E-state index < -0.39 is 36.0 Å². The number of nitrogens with two attached hydrogens (primary N) is 3. The molecule has 8 N–H and O–H groups in total. The number of hydrogen-bond donors (Lipinski definition) is 5. The molecule has 9 nitrogen and oxygen atoms in total. The zero-order valence-electron chi connectivity index (χ0n) is 16.9. The van der Waals surface area contributed by atoms with Gasteiger partial charge in [-0.05, 0) is 56.5 Å². The fraction of sp³-hybridized carbons (Fsp3) is 0.550. The lowest BCUT2D eigenvalue weighted by Crippen LogP contribution is -2.59. The smallest absolute Gasteiger partial charge is 0.243 e. The van der Waals surface area contributed by atoms with Crippen molar-refractivity contribution in [3.05, 3.63) is 29.3 Å². The lowest BCUT2D eigenvalue weighted by molar-refractivity contribution is -0.145. The third-order valence-corrected chi connectivity index (χ3v) is 5.37. The van der Waals surface area contributed by atoms with E-state index in [0.717, 1.165) is 17.5 Å². The van der Waals surface area contributed by atoms with Gasteiger partial charge >= 0.3 is 0 Å². The van der Waals surface area contributed by atoms with Crippen molar-refractivity contribution in [3.63, 3.8) is 0 Å². The molecule has 0 saturated heterocycles. The van der Waals surface area contributed by atoms with Gasteiger partial charge < -0.3 is 32.5 Å². The van der Waals surface area contributed by atoms with E-state index in [-0.39, 0.29) is 18.1 Å². The van der Waals surface area contributed by atoms with Crippen LogP contribution in [0.3, 0.4) is 0 Å². The lowest BCUT2D eigenvalue weighted by Gasteiger charge is -2.42. The standard InChI is InChI=1S/C20H31N5O4/c1-11(18(23)27)24-19(28)17-9-13-6-7-14(26)10-15(13)12(2)25(17)20(29)16(22)5-3-4-8-21/h6-7,10-12,16-17,26H,3-5,8-9,21-22H2,1-2H3,(H2,23,27)(H,24,28)/t11-,12?,16-,17-/m0/s1. The van der Waals surface area contributed by atoms with Gasteiger partial charge in [-0.25, -0.2) is 0 Å². The molecule has 2 rings (SSSR count). The van der Waals surface area contributed by atoms with Crippen molar-refractivity contribution < 1.29 is 19.5 Å². The van der Waals surface area contributed by atoms with Crippen LogP contribution in [0, 0.1) is 0 Å². The van der Waals surface area contributed by atoms with Crippen LogP contribution in [0.4, 0.5) is 0 Å². The summed E-state index contributed by atoms with van der Waals surface area (Å²) in [5.74, 6) is -1.40. The largest absolute Gasteiger partial charge is 0.508 e. The van der Waals surface area contributed by atoms with Gasteiger partial charge in [0.25, 0.3) is 0 Å². The van der Waals surface area contributed by atoms with Gasteiger partial charge in [-0.3, -0.25) is 14.4 Å². The van der Waals surface area contributed by atoms with Gasteiger partial charge in [0, 0.05) is 6.42 Å². The van der Waals surface area contributed by atoms with Crippen LogP contribution in [0.1, 0.15) is 50.3 Å². The van der Waals surface area contributed by atoms with Crippen molar-refractivity contribution in [2.24, 2.45) is 17.2 Å². The van der Waals surface area contributed by atoms with Crippen LogP contribution in [-0.4, -0.2) is 52.4 Å². The summed E-state index contributed by atoms with van der Waals surface area (Å²) in [6.07, 6.45) is 2.17. The molecular formula is C20H31N5O4. The molecule has 4 atom stereocenters. The average molecular weight is 405 g/mol. The summed E-state index contributed by atoms with van der Waals surface area (Å²) in [7, 11) is 0. The number of carbonyl (C=O) groups excluding carboxylic acids is 3. The molecule has 1 aliphatic rings. The fourth-order valence-corrected chi connectivity index (χ4v) is 3.65. The molecule has 29 heavy (non-hydrogen) atoms. The Hall–Kier alpha value is -2.65. The number of amides is 3. The monoisotopic (exact) mass is 405 g/mol. The fourth-order valence-electron chi connectivity index (χ4n) is 3.65. The number of nitrogens with one attached hydrogen (secondary N) is 1. The van der Waals surface area contributed by atoms with Crippen molar-refractivity contribution in [2.75, 3.05) is 6.54 Å². The topological polar surface area (TPSA) is 165 Å². The summed E-state index contributed by atoms with van der Waals surface area (Å²) in [5.41, 5.74) is 18.5. The van der Waals surface area contributed by atoms with Crippen molar-refractivity contribution in [2.45, 2.75) is 63.7 Å². The quantitative estimate of drug-likeness (QED) is 0.371. The molecule has 0 saturated carbocycles. The molecule has 160 valence electrons. The Bertz CT molecular complexity index is 769. The third kappa shape index (κ3) is 5.24. The number of hydrogen-bond acceptors (Lipinski definition) is 6. The Kier molecular flexibility index (Phi) is 7.58.